The van der Waals surface area contributed by atoms with Crippen LogP contribution in [-0.2, 0) is 16.6 Å². The third-order valence-corrected chi connectivity index (χ3v) is 7.95. The standard InChI is InChI=1S/C30H23Cl2N3O6S/c1-39-22-6-4-5-19(15-22)28-17-23(41-34-28)18-33-30(36)25-16-20(31)9-14-27(25)35-42(37,38)24-12-10-21(11-13-24)40-29-8-3-2-7-26(29)32/h2-17,35H,18H2,1H3,(H,33,36). The quantitative estimate of drug-likeness (QED) is 0.169. The first-order valence-corrected chi connectivity index (χ1v) is 14.7. The van der Waals surface area contributed by atoms with E-state index in [4.69, 9.17) is 37.2 Å². The Labute approximate surface area is 252 Å². The van der Waals surface area contributed by atoms with Gasteiger partial charge in [-0.15, -0.1) is 0 Å². The molecule has 1 amide bonds. The van der Waals surface area contributed by atoms with E-state index in [0.717, 1.165) is 5.56 Å². The highest BCUT2D eigenvalue weighted by molar-refractivity contribution is 7.92. The van der Waals surface area contributed by atoms with Crippen LogP contribution in [0.4, 0.5) is 5.69 Å². The van der Waals surface area contributed by atoms with Crippen LogP contribution in [0.25, 0.3) is 11.3 Å². The molecule has 42 heavy (non-hydrogen) atoms. The number of rotatable bonds is 10. The molecule has 1 aromatic heterocycles. The van der Waals surface area contributed by atoms with Gasteiger partial charge in [-0.25, -0.2) is 8.42 Å². The normalized spacial score (nSPS) is 11.1. The number of carbonyl (C=O) groups excluding carboxylic acids is 1. The fourth-order valence-corrected chi connectivity index (χ4v) is 5.34. The van der Waals surface area contributed by atoms with Gasteiger partial charge in [-0.3, -0.25) is 9.52 Å². The number of sulfonamides is 1. The molecule has 0 saturated heterocycles. The summed E-state index contributed by atoms with van der Waals surface area (Å²) in [6.45, 7) is 0.00139. The number of methoxy groups -OCH3 is 1. The number of carbonyl (C=O) groups is 1. The van der Waals surface area contributed by atoms with Gasteiger partial charge in [-0.05, 0) is 66.7 Å². The van der Waals surface area contributed by atoms with Crippen molar-refractivity contribution in [3.63, 3.8) is 0 Å². The minimum Gasteiger partial charge on any atom is -0.497 e. The number of halogens is 2. The zero-order valence-electron chi connectivity index (χ0n) is 22.0. The summed E-state index contributed by atoms with van der Waals surface area (Å²) in [6.07, 6.45) is 0. The summed E-state index contributed by atoms with van der Waals surface area (Å²) in [7, 11) is -2.50. The zero-order valence-corrected chi connectivity index (χ0v) is 24.3. The van der Waals surface area contributed by atoms with Crippen LogP contribution < -0.4 is 19.5 Å². The molecule has 0 spiro atoms. The number of para-hydroxylation sites is 1. The Hall–Kier alpha value is -4.51. The van der Waals surface area contributed by atoms with Crippen molar-refractivity contribution in [2.45, 2.75) is 11.4 Å². The fourth-order valence-electron chi connectivity index (χ4n) is 3.92. The Morgan fingerprint density at radius 1 is 0.905 bits per heavy atom. The van der Waals surface area contributed by atoms with Crippen molar-refractivity contribution in [1.82, 2.24) is 10.5 Å². The number of amides is 1. The molecule has 1 heterocycles. The van der Waals surface area contributed by atoms with E-state index in [2.05, 4.69) is 15.2 Å². The van der Waals surface area contributed by atoms with E-state index >= 15 is 0 Å². The first kappa shape index (κ1) is 29.0. The van der Waals surface area contributed by atoms with Crippen molar-refractivity contribution in [2.75, 3.05) is 11.8 Å². The molecule has 0 aliphatic carbocycles. The van der Waals surface area contributed by atoms with Crippen LogP contribution in [0.3, 0.4) is 0 Å². The highest BCUT2D eigenvalue weighted by atomic mass is 35.5. The average molecular weight is 625 g/mol. The lowest BCUT2D eigenvalue weighted by atomic mass is 10.1. The van der Waals surface area contributed by atoms with Gasteiger partial charge in [0.05, 0.1) is 34.8 Å². The lowest BCUT2D eigenvalue weighted by Crippen LogP contribution is -2.25. The van der Waals surface area contributed by atoms with E-state index in [9.17, 15) is 13.2 Å². The summed E-state index contributed by atoms with van der Waals surface area (Å²) in [4.78, 5) is 13.1. The molecular formula is C30H23Cl2N3O6S. The van der Waals surface area contributed by atoms with Crippen molar-refractivity contribution in [1.29, 1.82) is 0 Å². The van der Waals surface area contributed by atoms with Crippen LogP contribution in [0, 0.1) is 0 Å². The van der Waals surface area contributed by atoms with Gasteiger partial charge >= 0.3 is 0 Å². The monoisotopic (exact) mass is 623 g/mol. The molecular weight excluding hydrogens is 601 g/mol. The number of anilines is 1. The van der Waals surface area contributed by atoms with Crippen LogP contribution in [0.2, 0.25) is 10.0 Å². The van der Waals surface area contributed by atoms with Crippen LogP contribution in [-0.4, -0.2) is 26.6 Å². The van der Waals surface area contributed by atoms with Gasteiger partial charge in [0, 0.05) is 16.7 Å². The van der Waals surface area contributed by atoms with E-state index in [1.54, 1.807) is 37.4 Å². The molecule has 2 N–H and O–H groups in total. The molecule has 0 atom stereocenters. The SMILES string of the molecule is COc1cccc(-c2cc(CNC(=O)c3cc(Cl)ccc3NS(=O)(=O)c3ccc(Oc4ccccc4Cl)cc3)on2)c1. The number of hydrogen-bond acceptors (Lipinski definition) is 7. The number of benzene rings is 4. The molecule has 0 saturated carbocycles. The summed E-state index contributed by atoms with van der Waals surface area (Å²) >= 11 is 12.3. The van der Waals surface area contributed by atoms with E-state index in [0.29, 0.717) is 33.7 Å². The van der Waals surface area contributed by atoms with Crippen LogP contribution in [0.5, 0.6) is 17.2 Å². The Kier molecular flexibility index (Phi) is 8.67. The molecule has 9 nitrogen and oxygen atoms in total. The molecule has 0 bridgehead atoms. The van der Waals surface area contributed by atoms with E-state index in [-0.39, 0.29) is 27.7 Å². The molecule has 0 unspecified atom stereocenters. The third kappa shape index (κ3) is 6.85. The highest BCUT2D eigenvalue weighted by Crippen LogP contribution is 2.30. The van der Waals surface area contributed by atoms with Gasteiger partial charge in [0.25, 0.3) is 15.9 Å². The smallest absolute Gasteiger partial charge is 0.261 e. The summed E-state index contributed by atoms with van der Waals surface area (Å²) in [6, 6.07) is 26.0. The maximum atomic E-state index is 13.2. The predicted octanol–water partition coefficient (Wildman–Crippen LogP) is 7.18. The molecule has 4 aromatic carbocycles. The Morgan fingerprint density at radius 2 is 1.69 bits per heavy atom. The summed E-state index contributed by atoms with van der Waals surface area (Å²) < 4.78 is 45.2. The molecule has 214 valence electrons. The minimum atomic E-state index is -4.07. The molecule has 0 aliphatic heterocycles. The third-order valence-electron chi connectivity index (χ3n) is 6.02. The average Bonchev–Trinajstić information content (AvgIpc) is 3.47. The lowest BCUT2D eigenvalue weighted by Gasteiger charge is -2.13. The predicted molar refractivity (Wildman–Crippen MR) is 160 cm³/mol. The molecule has 0 aliphatic rings. The first-order valence-electron chi connectivity index (χ1n) is 12.4. The number of ether oxygens (including phenoxy) is 2. The van der Waals surface area contributed by atoms with Gasteiger partial charge in [-0.2, -0.15) is 0 Å². The molecule has 5 rings (SSSR count). The minimum absolute atomic E-state index is 0.00139. The van der Waals surface area contributed by atoms with E-state index in [1.165, 1.54) is 42.5 Å². The second kappa shape index (κ2) is 12.6. The van der Waals surface area contributed by atoms with Gasteiger partial charge < -0.3 is 19.3 Å². The van der Waals surface area contributed by atoms with Crippen molar-refractivity contribution >= 4 is 44.8 Å². The molecule has 5 aromatic rings. The summed E-state index contributed by atoms with van der Waals surface area (Å²) in [5.41, 5.74) is 1.42. The Balaban J connectivity index is 1.28. The Morgan fingerprint density at radius 3 is 2.45 bits per heavy atom. The van der Waals surface area contributed by atoms with Gasteiger partial charge in [0.15, 0.2) is 5.76 Å². The lowest BCUT2D eigenvalue weighted by molar-refractivity contribution is 0.0948. The van der Waals surface area contributed by atoms with Crippen LogP contribution in [0.15, 0.2) is 106 Å². The maximum Gasteiger partial charge on any atom is 0.261 e. The Bertz CT molecular complexity index is 1840. The van der Waals surface area contributed by atoms with Crippen molar-refractivity contribution in [2.24, 2.45) is 0 Å². The van der Waals surface area contributed by atoms with Crippen LogP contribution >= 0.6 is 23.2 Å². The topological polar surface area (TPSA) is 120 Å². The van der Waals surface area contributed by atoms with E-state index in [1.807, 2.05) is 24.3 Å². The first-order chi connectivity index (χ1) is 20.2. The number of aromatic nitrogens is 1. The summed E-state index contributed by atoms with van der Waals surface area (Å²) in [5, 5.41) is 7.44. The van der Waals surface area contributed by atoms with Gasteiger partial charge in [0.1, 0.15) is 22.9 Å². The van der Waals surface area contributed by atoms with Gasteiger partial charge in [-0.1, -0.05) is 52.6 Å². The number of nitrogens with zero attached hydrogens (tertiary/aromatic N) is 1. The number of nitrogens with one attached hydrogen (secondary N) is 2. The fraction of sp³-hybridized carbons (Fsp3) is 0.0667. The maximum absolute atomic E-state index is 13.2. The molecule has 0 fully saturated rings. The summed E-state index contributed by atoms with van der Waals surface area (Å²) in [5.74, 6) is 1.33. The van der Waals surface area contributed by atoms with Crippen molar-refractivity contribution in [3.05, 3.63) is 118 Å². The van der Waals surface area contributed by atoms with Crippen LogP contribution in [0.1, 0.15) is 16.1 Å². The van der Waals surface area contributed by atoms with Crippen molar-refractivity contribution in [3.8, 4) is 28.5 Å². The number of hydrogen-bond donors (Lipinski definition) is 2. The zero-order chi connectivity index (χ0) is 29.7. The molecule has 12 heteroatoms. The van der Waals surface area contributed by atoms with E-state index < -0.39 is 15.9 Å². The van der Waals surface area contributed by atoms with Crippen molar-refractivity contribution < 1.29 is 27.2 Å². The highest BCUT2D eigenvalue weighted by Gasteiger charge is 2.20. The van der Waals surface area contributed by atoms with Gasteiger partial charge in [0.2, 0.25) is 0 Å². The second-order valence-electron chi connectivity index (χ2n) is 8.89. The second-order valence-corrected chi connectivity index (χ2v) is 11.4. The largest absolute Gasteiger partial charge is 0.497 e. The molecule has 0 radical (unpaired) electrons.